The molecule has 4 nitrogen and oxygen atoms in total. The first kappa shape index (κ1) is 13.2. The number of hydrogen-bond acceptors (Lipinski definition) is 3. The molecule has 0 saturated heterocycles. The number of rotatable bonds is 2. The average molecular weight is 277 g/mol. The minimum atomic E-state index is -0.0470. The molecular weight excluding hydrogens is 262 g/mol. The second-order valence-corrected chi connectivity index (χ2v) is 4.98. The summed E-state index contributed by atoms with van der Waals surface area (Å²) in [6.45, 7) is 0. The van der Waals surface area contributed by atoms with E-state index in [1.54, 1.807) is 31.4 Å². The molecule has 0 aliphatic rings. The van der Waals surface area contributed by atoms with Crippen molar-refractivity contribution in [1.82, 2.24) is 14.9 Å². The molecule has 104 valence electrons. The van der Waals surface area contributed by atoms with E-state index in [0.717, 1.165) is 22.2 Å². The molecule has 1 amide bonds. The maximum Gasteiger partial charge on any atom is 0.254 e. The van der Waals surface area contributed by atoms with E-state index < -0.39 is 0 Å². The van der Waals surface area contributed by atoms with Gasteiger partial charge in [-0.05, 0) is 18.2 Å². The number of aromatic nitrogens is 2. The summed E-state index contributed by atoms with van der Waals surface area (Å²) in [5, 5.41) is 0.847. The van der Waals surface area contributed by atoms with Crippen molar-refractivity contribution in [2.45, 2.75) is 0 Å². The van der Waals surface area contributed by atoms with Gasteiger partial charge in [0.05, 0.1) is 16.8 Å². The smallest absolute Gasteiger partial charge is 0.254 e. The van der Waals surface area contributed by atoms with Gasteiger partial charge in [-0.3, -0.25) is 14.8 Å². The van der Waals surface area contributed by atoms with Gasteiger partial charge in [0, 0.05) is 37.4 Å². The topological polar surface area (TPSA) is 46.1 Å². The molecule has 0 atom stereocenters. The molecular formula is C17H15N3O. The Kier molecular flexibility index (Phi) is 3.36. The third-order valence-electron chi connectivity index (χ3n) is 3.34. The SMILES string of the molecule is CN(C)C(=O)c1c(-c2ccccn2)cnc2ccccc12. The van der Waals surface area contributed by atoms with Gasteiger partial charge in [-0.2, -0.15) is 0 Å². The van der Waals surface area contributed by atoms with Gasteiger partial charge in [-0.1, -0.05) is 24.3 Å². The molecule has 0 fully saturated rings. The molecule has 0 unspecified atom stereocenters. The Morgan fingerprint density at radius 1 is 1.00 bits per heavy atom. The molecule has 3 aromatic rings. The van der Waals surface area contributed by atoms with Crippen LogP contribution in [0.1, 0.15) is 10.4 Å². The standard InChI is InChI=1S/C17H15N3O/c1-20(2)17(21)16-12-7-3-4-8-14(12)19-11-13(16)15-9-5-6-10-18-15/h3-11H,1-2H3. The van der Waals surface area contributed by atoms with Gasteiger partial charge in [-0.15, -0.1) is 0 Å². The van der Waals surface area contributed by atoms with Crippen LogP contribution in [0.4, 0.5) is 0 Å². The number of amides is 1. The third kappa shape index (κ3) is 2.36. The van der Waals surface area contributed by atoms with Gasteiger partial charge < -0.3 is 4.90 Å². The summed E-state index contributed by atoms with van der Waals surface area (Å²) < 4.78 is 0. The fraction of sp³-hybridized carbons (Fsp3) is 0.118. The van der Waals surface area contributed by atoms with Crippen LogP contribution in [0.5, 0.6) is 0 Å². The van der Waals surface area contributed by atoms with Crippen LogP contribution >= 0.6 is 0 Å². The van der Waals surface area contributed by atoms with Crippen LogP contribution in [0.3, 0.4) is 0 Å². The Morgan fingerprint density at radius 3 is 2.48 bits per heavy atom. The van der Waals surface area contributed by atoms with Crippen molar-refractivity contribution in [3.05, 3.63) is 60.4 Å². The molecule has 4 heteroatoms. The van der Waals surface area contributed by atoms with Crippen LogP contribution in [-0.2, 0) is 0 Å². The first-order valence-electron chi connectivity index (χ1n) is 6.69. The maximum absolute atomic E-state index is 12.6. The second kappa shape index (κ2) is 5.32. The first-order chi connectivity index (χ1) is 10.2. The lowest BCUT2D eigenvalue weighted by Gasteiger charge is -2.15. The summed E-state index contributed by atoms with van der Waals surface area (Å²) in [6, 6.07) is 13.3. The Bertz CT molecular complexity index is 797. The number of carbonyl (C=O) groups is 1. The van der Waals surface area contributed by atoms with Gasteiger partial charge in [0.25, 0.3) is 5.91 Å². The van der Waals surface area contributed by atoms with Crippen LogP contribution < -0.4 is 0 Å². The fourth-order valence-corrected chi connectivity index (χ4v) is 2.31. The molecule has 0 saturated carbocycles. The predicted octanol–water partition coefficient (Wildman–Crippen LogP) is 3.00. The summed E-state index contributed by atoms with van der Waals surface area (Å²) in [6.07, 6.45) is 3.44. The molecule has 3 rings (SSSR count). The van der Waals surface area contributed by atoms with Crippen LogP contribution in [0.15, 0.2) is 54.9 Å². The van der Waals surface area contributed by atoms with E-state index in [9.17, 15) is 4.79 Å². The van der Waals surface area contributed by atoms with Gasteiger partial charge in [0.2, 0.25) is 0 Å². The van der Waals surface area contributed by atoms with Gasteiger partial charge in [-0.25, -0.2) is 0 Å². The van der Waals surface area contributed by atoms with E-state index in [-0.39, 0.29) is 5.91 Å². The Labute approximate surface area is 123 Å². The van der Waals surface area contributed by atoms with Gasteiger partial charge >= 0.3 is 0 Å². The molecule has 0 aliphatic heterocycles. The number of fused-ring (bicyclic) bond motifs is 1. The molecule has 0 N–H and O–H groups in total. The van der Waals surface area contributed by atoms with E-state index in [4.69, 9.17) is 0 Å². The van der Waals surface area contributed by atoms with E-state index in [2.05, 4.69) is 9.97 Å². The molecule has 1 aromatic carbocycles. The summed E-state index contributed by atoms with van der Waals surface area (Å²) in [5.74, 6) is -0.0470. The van der Waals surface area contributed by atoms with Gasteiger partial charge in [0.15, 0.2) is 0 Å². The van der Waals surface area contributed by atoms with Crippen molar-refractivity contribution < 1.29 is 4.79 Å². The molecule has 21 heavy (non-hydrogen) atoms. The molecule has 2 heterocycles. The highest BCUT2D eigenvalue weighted by Gasteiger charge is 2.19. The normalized spacial score (nSPS) is 10.6. The summed E-state index contributed by atoms with van der Waals surface area (Å²) in [5.41, 5.74) is 2.96. The first-order valence-corrected chi connectivity index (χ1v) is 6.69. The van der Waals surface area contributed by atoms with Crippen molar-refractivity contribution in [3.8, 4) is 11.3 Å². The summed E-state index contributed by atoms with van der Waals surface area (Å²) in [4.78, 5) is 23.0. The van der Waals surface area contributed by atoms with Crippen molar-refractivity contribution in [3.63, 3.8) is 0 Å². The lowest BCUT2D eigenvalue weighted by atomic mass is 10.00. The maximum atomic E-state index is 12.6. The molecule has 0 spiro atoms. The van der Waals surface area contributed by atoms with Crippen LogP contribution in [0.2, 0.25) is 0 Å². The molecule has 0 bridgehead atoms. The quantitative estimate of drug-likeness (QED) is 0.723. The van der Waals surface area contributed by atoms with Crippen molar-refractivity contribution in [1.29, 1.82) is 0 Å². The van der Waals surface area contributed by atoms with Crippen molar-refractivity contribution in [2.24, 2.45) is 0 Å². The highest BCUT2D eigenvalue weighted by atomic mass is 16.2. The number of carbonyl (C=O) groups excluding carboxylic acids is 1. The monoisotopic (exact) mass is 277 g/mol. The fourth-order valence-electron chi connectivity index (χ4n) is 2.31. The Balaban J connectivity index is 2.35. The number of para-hydroxylation sites is 1. The lowest BCUT2D eigenvalue weighted by Crippen LogP contribution is -2.23. The highest BCUT2D eigenvalue weighted by Crippen LogP contribution is 2.28. The van der Waals surface area contributed by atoms with E-state index in [1.807, 2.05) is 42.5 Å². The molecule has 2 aromatic heterocycles. The minimum Gasteiger partial charge on any atom is -0.345 e. The second-order valence-electron chi connectivity index (χ2n) is 4.98. The predicted molar refractivity (Wildman–Crippen MR) is 83.0 cm³/mol. The van der Waals surface area contributed by atoms with E-state index >= 15 is 0 Å². The summed E-state index contributed by atoms with van der Waals surface area (Å²) >= 11 is 0. The highest BCUT2D eigenvalue weighted by molar-refractivity contribution is 6.10. The molecule has 0 aliphatic carbocycles. The molecule has 0 radical (unpaired) electrons. The average Bonchev–Trinajstić information content (AvgIpc) is 2.53. The Morgan fingerprint density at radius 2 is 1.76 bits per heavy atom. The van der Waals surface area contributed by atoms with Crippen LogP contribution in [-0.4, -0.2) is 34.9 Å². The zero-order valence-electron chi connectivity index (χ0n) is 11.9. The zero-order chi connectivity index (χ0) is 14.8. The summed E-state index contributed by atoms with van der Waals surface area (Å²) in [7, 11) is 3.50. The number of benzene rings is 1. The van der Waals surface area contributed by atoms with Crippen LogP contribution in [0.25, 0.3) is 22.2 Å². The van der Waals surface area contributed by atoms with Crippen molar-refractivity contribution in [2.75, 3.05) is 14.1 Å². The minimum absolute atomic E-state index is 0.0470. The van der Waals surface area contributed by atoms with Crippen LogP contribution in [0, 0.1) is 0 Å². The largest absolute Gasteiger partial charge is 0.345 e. The third-order valence-corrected chi connectivity index (χ3v) is 3.34. The van der Waals surface area contributed by atoms with Gasteiger partial charge in [0.1, 0.15) is 0 Å². The zero-order valence-corrected chi connectivity index (χ0v) is 11.9. The number of pyridine rings is 2. The van der Waals surface area contributed by atoms with Crippen molar-refractivity contribution >= 4 is 16.8 Å². The lowest BCUT2D eigenvalue weighted by molar-refractivity contribution is 0.0830. The Hall–Kier alpha value is -2.75. The number of nitrogens with zero attached hydrogens (tertiary/aromatic N) is 3. The van der Waals surface area contributed by atoms with E-state index in [0.29, 0.717) is 5.56 Å². The van der Waals surface area contributed by atoms with E-state index in [1.165, 1.54) is 0 Å². The number of hydrogen-bond donors (Lipinski definition) is 0.